The van der Waals surface area contributed by atoms with Gasteiger partial charge in [-0.25, -0.2) is 0 Å². The zero-order chi connectivity index (χ0) is 8.67. The van der Waals surface area contributed by atoms with Crippen molar-refractivity contribution in [3.63, 3.8) is 0 Å². The lowest BCUT2D eigenvalue weighted by molar-refractivity contribution is 0.205. The highest BCUT2D eigenvalue weighted by Crippen LogP contribution is 2.29. The van der Waals surface area contributed by atoms with Crippen LogP contribution in [0.1, 0.15) is 6.42 Å². The van der Waals surface area contributed by atoms with Crippen molar-refractivity contribution in [2.45, 2.75) is 6.42 Å². The van der Waals surface area contributed by atoms with Crippen LogP contribution in [0, 0.1) is 0 Å². The summed E-state index contributed by atoms with van der Waals surface area (Å²) in [5.41, 5.74) is 1.19. The van der Waals surface area contributed by atoms with E-state index in [0.717, 1.165) is 24.6 Å². The second-order valence-electron chi connectivity index (χ2n) is 3.16. The van der Waals surface area contributed by atoms with Gasteiger partial charge in [-0.2, -0.15) is 0 Å². The van der Waals surface area contributed by atoms with Crippen molar-refractivity contribution in [3.05, 3.63) is 47.9 Å². The fourth-order valence-corrected chi connectivity index (χ4v) is 1.71. The van der Waals surface area contributed by atoms with Crippen molar-refractivity contribution in [2.24, 2.45) is 0 Å². The molecule has 0 unspecified atom stereocenters. The first-order chi connectivity index (χ1) is 6.45. The average Bonchev–Trinajstić information content (AvgIpc) is 2.65. The van der Waals surface area contributed by atoms with Crippen molar-refractivity contribution >= 4 is 0 Å². The van der Waals surface area contributed by atoms with Crippen molar-refractivity contribution < 1.29 is 4.74 Å². The summed E-state index contributed by atoms with van der Waals surface area (Å²) in [5.74, 6) is 2.01. The Balaban J connectivity index is 2.11. The number of nitrogens with one attached hydrogen (secondary N) is 1. The SMILES string of the molecule is C1=CN2C=CC3=CCCOC3=C2N1. The van der Waals surface area contributed by atoms with E-state index in [4.69, 9.17) is 4.74 Å². The topological polar surface area (TPSA) is 24.5 Å². The van der Waals surface area contributed by atoms with Crippen LogP contribution in [0.4, 0.5) is 0 Å². The molecule has 13 heavy (non-hydrogen) atoms. The number of rotatable bonds is 0. The average molecular weight is 174 g/mol. The second-order valence-corrected chi connectivity index (χ2v) is 3.16. The van der Waals surface area contributed by atoms with Gasteiger partial charge in [0.1, 0.15) is 0 Å². The van der Waals surface area contributed by atoms with E-state index in [-0.39, 0.29) is 0 Å². The van der Waals surface area contributed by atoms with Gasteiger partial charge in [0.2, 0.25) is 0 Å². The van der Waals surface area contributed by atoms with Crippen LogP contribution in [0.2, 0.25) is 0 Å². The third-order valence-corrected chi connectivity index (χ3v) is 2.33. The Bertz CT molecular complexity index is 363. The predicted octanol–water partition coefficient (Wildman–Crippen LogP) is 1.41. The van der Waals surface area contributed by atoms with E-state index in [1.54, 1.807) is 0 Å². The first-order valence-electron chi connectivity index (χ1n) is 4.42. The maximum atomic E-state index is 5.61. The first kappa shape index (κ1) is 6.83. The van der Waals surface area contributed by atoms with Crippen molar-refractivity contribution in [1.82, 2.24) is 10.2 Å². The molecule has 1 N–H and O–H groups in total. The van der Waals surface area contributed by atoms with Crippen LogP contribution in [0.25, 0.3) is 0 Å². The molecule has 3 aliphatic heterocycles. The molecule has 0 radical (unpaired) electrons. The summed E-state index contributed by atoms with van der Waals surface area (Å²) in [5, 5.41) is 3.17. The Kier molecular flexibility index (Phi) is 1.27. The molecule has 0 aromatic heterocycles. The van der Waals surface area contributed by atoms with Gasteiger partial charge >= 0.3 is 0 Å². The lowest BCUT2D eigenvalue weighted by Crippen LogP contribution is -2.22. The standard InChI is InChI=1S/C10H10N2O/c1-2-8-3-5-12-6-4-11-10(12)9(8)13-7-1/h2-6,11H,1,7H2. The number of allylic oxidation sites excluding steroid dienone is 1. The van der Waals surface area contributed by atoms with Crippen LogP contribution in [0.5, 0.6) is 0 Å². The van der Waals surface area contributed by atoms with Gasteiger partial charge in [-0.1, -0.05) is 6.08 Å². The van der Waals surface area contributed by atoms with E-state index in [1.807, 2.05) is 23.5 Å². The van der Waals surface area contributed by atoms with Crippen molar-refractivity contribution in [1.29, 1.82) is 0 Å². The molecule has 0 atom stereocenters. The van der Waals surface area contributed by atoms with Crippen LogP contribution in [-0.2, 0) is 4.74 Å². The molecular formula is C10H10N2O. The van der Waals surface area contributed by atoms with E-state index < -0.39 is 0 Å². The molecule has 3 aliphatic rings. The lowest BCUT2D eigenvalue weighted by Gasteiger charge is -2.25. The van der Waals surface area contributed by atoms with E-state index in [9.17, 15) is 0 Å². The van der Waals surface area contributed by atoms with E-state index >= 15 is 0 Å². The minimum atomic E-state index is 0.783. The molecule has 0 saturated carbocycles. The number of hydrogen-bond acceptors (Lipinski definition) is 3. The van der Waals surface area contributed by atoms with Gasteiger partial charge in [0, 0.05) is 30.6 Å². The Morgan fingerprint density at radius 2 is 2.38 bits per heavy atom. The molecule has 0 amide bonds. The zero-order valence-corrected chi connectivity index (χ0v) is 7.16. The quantitative estimate of drug-likeness (QED) is 0.601. The highest BCUT2D eigenvalue weighted by molar-refractivity contribution is 5.45. The molecule has 0 fully saturated rings. The van der Waals surface area contributed by atoms with Crippen LogP contribution in [0.3, 0.4) is 0 Å². The number of hydrogen-bond donors (Lipinski definition) is 1. The Hall–Kier alpha value is -1.64. The summed E-state index contributed by atoms with van der Waals surface area (Å²) >= 11 is 0. The largest absolute Gasteiger partial charge is 0.489 e. The summed E-state index contributed by atoms with van der Waals surface area (Å²) in [7, 11) is 0. The molecule has 0 spiro atoms. The number of fused-ring (bicyclic) bond motifs is 2. The summed E-state index contributed by atoms with van der Waals surface area (Å²) in [6, 6.07) is 0. The van der Waals surface area contributed by atoms with E-state index in [2.05, 4.69) is 17.5 Å². The summed E-state index contributed by atoms with van der Waals surface area (Å²) in [6.45, 7) is 0.783. The van der Waals surface area contributed by atoms with Gasteiger partial charge in [0.15, 0.2) is 11.6 Å². The van der Waals surface area contributed by atoms with Gasteiger partial charge in [0.25, 0.3) is 0 Å². The molecule has 3 nitrogen and oxygen atoms in total. The molecule has 66 valence electrons. The molecule has 3 heteroatoms. The van der Waals surface area contributed by atoms with Gasteiger partial charge in [-0.3, -0.25) is 0 Å². The Labute approximate surface area is 76.7 Å². The Morgan fingerprint density at radius 3 is 3.38 bits per heavy atom. The van der Waals surface area contributed by atoms with Crippen LogP contribution >= 0.6 is 0 Å². The third-order valence-electron chi connectivity index (χ3n) is 2.33. The summed E-state index contributed by atoms with van der Waals surface area (Å²) in [6.07, 6.45) is 11.2. The molecule has 0 saturated heterocycles. The fraction of sp³-hybridized carbons (Fsp3) is 0.200. The normalized spacial score (nSPS) is 23.4. The minimum absolute atomic E-state index is 0.783. The van der Waals surface area contributed by atoms with Gasteiger partial charge in [-0.15, -0.1) is 0 Å². The Morgan fingerprint density at radius 1 is 1.38 bits per heavy atom. The number of nitrogens with zero attached hydrogens (tertiary/aromatic N) is 1. The lowest BCUT2D eigenvalue weighted by atomic mass is 10.1. The number of ether oxygens (including phenoxy) is 1. The van der Waals surface area contributed by atoms with Gasteiger partial charge < -0.3 is 15.0 Å². The van der Waals surface area contributed by atoms with Crippen molar-refractivity contribution in [2.75, 3.05) is 6.61 Å². The van der Waals surface area contributed by atoms with Crippen LogP contribution in [-0.4, -0.2) is 11.5 Å². The summed E-state index contributed by atoms with van der Waals surface area (Å²) < 4.78 is 5.61. The third kappa shape index (κ3) is 0.900. The van der Waals surface area contributed by atoms with Crippen LogP contribution < -0.4 is 5.32 Å². The van der Waals surface area contributed by atoms with E-state index in [0.29, 0.717) is 0 Å². The zero-order valence-electron chi connectivity index (χ0n) is 7.16. The van der Waals surface area contributed by atoms with Gasteiger partial charge in [-0.05, 0) is 6.08 Å². The predicted molar refractivity (Wildman–Crippen MR) is 48.9 cm³/mol. The highest BCUT2D eigenvalue weighted by Gasteiger charge is 2.23. The molecule has 0 aromatic carbocycles. The van der Waals surface area contributed by atoms with Gasteiger partial charge in [0.05, 0.1) is 6.61 Å². The molecular weight excluding hydrogens is 164 g/mol. The molecule has 3 heterocycles. The molecule has 0 aromatic rings. The van der Waals surface area contributed by atoms with Crippen LogP contribution in [0.15, 0.2) is 47.9 Å². The summed E-state index contributed by atoms with van der Waals surface area (Å²) in [4.78, 5) is 2.03. The molecule has 3 rings (SSSR count). The fourth-order valence-electron chi connectivity index (χ4n) is 1.71. The minimum Gasteiger partial charge on any atom is -0.489 e. The smallest absolute Gasteiger partial charge is 0.167 e. The maximum Gasteiger partial charge on any atom is 0.167 e. The second kappa shape index (κ2) is 2.42. The first-order valence-corrected chi connectivity index (χ1v) is 4.42. The monoisotopic (exact) mass is 174 g/mol. The molecule has 0 bridgehead atoms. The maximum absolute atomic E-state index is 5.61. The van der Waals surface area contributed by atoms with E-state index in [1.165, 1.54) is 5.57 Å². The molecule has 0 aliphatic carbocycles. The highest BCUT2D eigenvalue weighted by atomic mass is 16.5. The van der Waals surface area contributed by atoms with Crippen molar-refractivity contribution in [3.8, 4) is 0 Å².